The molecule has 248 valence electrons. The molecule has 12 heteroatoms. The summed E-state index contributed by atoms with van der Waals surface area (Å²) in [6, 6.07) is 15.5. The van der Waals surface area contributed by atoms with Gasteiger partial charge in [-0.05, 0) is 36.3 Å². The van der Waals surface area contributed by atoms with Crippen molar-refractivity contribution in [2.24, 2.45) is 11.7 Å². The monoisotopic (exact) mass is 635 g/mol. The number of primary amides is 1. The average Bonchev–Trinajstić information content (AvgIpc) is 3.47. The lowest BCUT2D eigenvalue weighted by Crippen LogP contribution is -2.55. The molecule has 12 nitrogen and oxygen atoms in total. The zero-order chi connectivity index (χ0) is 33.5. The second-order valence-corrected chi connectivity index (χ2v) is 11.8. The van der Waals surface area contributed by atoms with E-state index in [1.807, 2.05) is 74.5 Å². The number of nitrogens with zero attached hydrogens (tertiary/aromatic N) is 1. The number of nitrogens with one attached hydrogen (secondary N) is 3. The van der Waals surface area contributed by atoms with Crippen molar-refractivity contribution in [1.82, 2.24) is 20.9 Å². The van der Waals surface area contributed by atoms with Crippen LogP contribution >= 0.6 is 0 Å². The molecular formula is C34H45N5O7. The van der Waals surface area contributed by atoms with Crippen molar-refractivity contribution >= 4 is 29.7 Å². The second kappa shape index (κ2) is 18.3. The number of carbonyl (C=O) groups excluding carboxylic acids is 5. The van der Waals surface area contributed by atoms with Gasteiger partial charge in [-0.2, -0.15) is 0 Å². The van der Waals surface area contributed by atoms with Crippen LogP contribution in [0.4, 0.5) is 4.79 Å². The molecule has 2 aromatic rings. The highest BCUT2D eigenvalue weighted by molar-refractivity contribution is 5.92. The molecule has 0 saturated carbocycles. The van der Waals surface area contributed by atoms with E-state index in [1.54, 1.807) is 0 Å². The first-order valence-corrected chi connectivity index (χ1v) is 15.6. The Morgan fingerprint density at radius 3 is 2.15 bits per heavy atom. The third-order valence-electron chi connectivity index (χ3n) is 7.42. The SMILES string of the molecule is CC(C)C[C@H](NC(=O)OCc1ccccc1)C(=O)N[C@@H](Cc1ccccc1)C(=O)N[C@H](/C=C/C(=O)N1CC[C@@H](O)C1)CCC(N)=O. The van der Waals surface area contributed by atoms with Gasteiger partial charge in [-0.15, -0.1) is 0 Å². The highest BCUT2D eigenvalue weighted by atomic mass is 16.5. The Morgan fingerprint density at radius 2 is 1.57 bits per heavy atom. The number of likely N-dealkylation sites (tertiary alicyclic amines) is 1. The summed E-state index contributed by atoms with van der Waals surface area (Å²) in [6.45, 7) is 4.48. The molecular weight excluding hydrogens is 590 g/mol. The molecule has 6 N–H and O–H groups in total. The van der Waals surface area contributed by atoms with Crippen LogP contribution in [0.5, 0.6) is 0 Å². The third kappa shape index (κ3) is 12.7. The van der Waals surface area contributed by atoms with Crippen molar-refractivity contribution in [2.75, 3.05) is 13.1 Å². The average molecular weight is 636 g/mol. The highest BCUT2D eigenvalue weighted by Crippen LogP contribution is 2.12. The first-order chi connectivity index (χ1) is 22.0. The number of hydrogen-bond acceptors (Lipinski definition) is 7. The highest BCUT2D eigenvalue weighted by Gasteiger charge is 2.29. The van der Waals surface area contributed by atoms with Crippen molar-refractivity contribution in [2.45, 2.75) is 76.8 Å². The van der Waals surface area contributed by atoms with Gasteiger partial charge in [0.2, 0.25) is 23.6 Å². The molecule has 1 aliphatic rings. The number of aliphatic hydroxyl groups excluding tert-OH is 1. The number of β-amino-alcohol motifs (C(OH)–C–C–N with tert-alkyl or cyclic N) is 1. The summed E-state index contributed by atoms with van der Waals surface area (Å²) >= 11 is 0. The largest absolute Gasteiger partial charge is 0.445 e. The van der Waals surface area contributed by atoms with E-state index >= 15 is 0 Å². The fourth-order valence-corrected chi connectivity index (χ4v) is 4.98. The normalized spacial score (nSPS) is 16.4. The molecule has 1 fully saturated rings. The van der Waals surface area contributed by atoms with Crippen LogP contribution in [-0.4, -0.2) is 77.0 Å². The molecule has 2 aromatic carbocycles. The van der Waals surface area contributed by atoms with Crippen molar-refractivity contribution in [3.05, 3.63) is 83.9 Å². The minimum atomic E-state index is -1.05. The molecule has 0 radical (unpaired) electrons. The topological polar surface area (TPSA) is 180 Å². The molecule has 46 heavy (non-hydrogen) atoms. The van der Waals surface area contributed by atoms with Gasteiger partial charge in [0.15, 0.2) is 0 Å². The summed E-state index contributed by atoms with van der Waals surface area (Å²) in [5.41, 5.74) is 6.93. The Bertz CT molecular complexity index is 1340. The molecule has 4 atom stereocenters. The quantitative estimate of drug-likeness (QED) is 0.175. The van der Waals surface area contributed by atoms with E-state index in [0.717, 1.165) is 11.1 Å². The van der Waals surface area contributed by atoms with Crippen LogP contribution in [0.25, 0.3) is 0 Å². The predicted molar refractivity (Wildman–Crippen MR) is 172 cm³/mol. The molecule has 0 aliphatic carbocycles. The Kier molecular flexibility index (Phi) is 14.2. The first-order valence-electron chi connectivity index (χ1n) is 15.6. The van der Waals surface area contributed by atoms with Crippen molar-refractivity contribution in [3.63, 3.8) is 0 Å². The zero-order valence-corrected chi connectivity index (χ0v) is 26.4. The standard InChI is InChI=1S/C34H45N5O7/c1-23(2)19-28(38-34(45)46-22-25-11-7-4-8-12-25)33(44)37-29(20-24-9-5-3-6-10-24)32(43)36-26(13-15-30(35)41)14-16-31(42)39-18-17-27(40)21-39/h3-12,14,16,23,26-29,40H,13,15,17-22H2,1-2H3,(H2,35,41)(H,36,43)(H,37,44)(H,38,45)/b16-14+/t26-,27+,28-,29-/m0/s1. The van der Waals surface area contributed by atoms with Gasteiger partial charge in [-0.25, -0.2) is 4.79 Å². The molecule has 3 rings (SSSR count). The molecule has 0 unspecified atom stereocenters. The fourth-order valence-electron chi connectivity index (χ4n) is 4.98. The van der Waals surface area contributed by atoms with Crippen LogP contribution in [0.1, 0.15) is 50.7 Å². The number of alkyl carbamates (subject to hydrolysis) is 1. The van der Waals surface area contributed by atoms with E-state index in [4.69, 9.17) is 10.5 Å². The number of nitrogens with two attached hydrogens (primary N) is 1. The smallest absolute Gasteiger partial charge is 0.408 e. The maximum Gasteiger partial charge on any atom is 0.408 e. The van der Waals surface area contributed by atoms with E-state index in [1.165, 1.54) is 17.1 Å². The van der Waals surface area contributed by atoms with Crippen LogP contribution in [0, 0.1) is 5.92 Å². The van der Waals surface area contributed by atoms with Crippen LogP contribution in [0.15, 0.2) is 72.8 Å². The van der Waals surface area contributed by atoms with Gasteiger partial charge in [-0.1, -0.05) is 80.6 Å². The summed E-state index contributed by atoms with van der Waals surface area (Å²) in [5, 5.41) is 18.0. The van der Waals surface area contributed by atoms with Crippen molar-refractivity contribution in [1.29, 1.82) is 0 Å². The lowest BCUT2D eigenvalue weighted by Gasteiger charge is -2.25. The number of hydrogen-bond donors (Lipinski definition) is 5. The van der Waals surface area contributed by atoms with Crippen LogP contribution in [0.3, 0.4) is 0 Å². The van der Waals surface area contributed by atoms with Gasteiger partial charge in [-0.3, -0.25) is 19.2 Å². The lowest BCUT2D eigenvalue weighted by molar-refractivity contribution is -0.130. The molecule has 0 spiro atoms. The Balaban J connectivity index is 1.74. The van der Waals surface area contributed by atoms with Crippen molar-refractivity contribution in [3.8, 4) is 0 Å². The van der Waals surface area contributed by atoms with Crippen LogP contribution in [0.2, 0.25) is 0 Å². The minimum Gasteiger partial charge on any atom is -0.445 e. The van der Waals surface area contributed by atoms with E-state index in [2.05, 4.69) is 16.0 Å². The van der Waals surface area contributed by atoms with E-state index in [9.17, 15) is 29.1 Å². The summed E-state index contributed by atoms with van der Waals surface area (Å²) in [6.07, 6.45) is 2.45. The second-order valence-electron chi connectivity index (χ2n) is 11.8. The minimum absolute atomic E-state index is 0.0305. The molecule has 0 aromatic heterocycles. The number of rotatable bonds is 16. The lowest BCUT2D eigenvalue weighted by atomic mass is 10.0. The summed E-state index contributed by atoms with van der Waals surface area (Å²) in [5.74, 6) is -1.98. The van der Waals surface area contributed by atoms with Gasteiger partial charge < -0.3 is 36.4 Å². The number of aliphatic hydroxyl groups is 1. The predicted octanol–water partition coefficient (Wildman–Crippen LogP) is 1.95. The molecule has 1 heterocycles. The fraction of sp³-hybridized carbons (Fsp3) is 0.441. The molecule has 5 amide bonds. The Morgan fingerprint density at radius 1 is 0.935 bits per heavy atom. The zero-order valence-electron chi connectivity index (χ0n) is 26.4. The van der Waals surface area contributed by atoms with Gasteiger partial charge in [0.05, 0.1) is 6.10 Å². The maximum atomic E-state index is 13.7. The van der Waals surface area contributed by atoms with Gasteiger partial charge >= 0.3 is 6.09 Å². The van der Waals surface area contributed by atoms with Gasteiger partial charge in [0.25, 0.3) is 0 Å². The molecule has 0 bridgehead atoms. The Labute approximate surface area is 269 Å². The summed E-state index contributed by atoms with van der Waals surface area (Å²) in [7, 11) is 0. The third-order valence-corrected chi connectivity index (χ3v) is 7.42. The number of amides is 5. The number of ether oxygens (including phenoxy) is 1. The summed E-state index contributed by atoms with van der Waals surface area (Å²) < 4.78 is 5.33. The maximum absolute atomic E-state index is 13.7. The summed E-state index contributed by atoms with van der Waals surface area (Å²) in [4.78, 5) is 65.6. The van der Waals surface area contributed by atoms with Crippen molar-refractivity contribution < 1.29 is 33.8 Å². The number of carbonyl (C=O) groups is 5. The van der Waals surface area contributed by atoms with Crippen LogP contribution < -0.4 is 21.7 Å². The first kappa shape index (κ1) is 35.8. The van der Waals surface area contributed by atoms with E-state index in [-0.39, 0.29) is 44.2 Å². The Hall–Kier alpha value is -4.71. The number of benzene rings is 2. The van der Waals surface area contributed by atoms with E-state index in [0.29, 0.717) is 19.4 Å². The van der Waals surface area contributed by atoms with Gasteiger partial charge in [0.1, 0.15) is 18.7 Å². The van der Waals surface area contributed by atoms with Gasteiger partial charge in [0, 0.05) is 38.0 Å². The van der Waals surface area contributed by atoms with Crippen LogP contribution in [-0.2, 0) is 36.9 Å². The molecule has 1 saturated heterocycles. The van der Waals surface area contributed by atoms with E-state index < -0.39 is 48.0 Å². The molecule has 1 aliphatic heterocycles.